The Morgan fingerprint density at radius 2 is 2.00 bits per heavy atom. The molecule has 0 aliphatic rings. The van der Waals surface area contributed by atoms with Gasteiger partial charge in [-0.3, -0.25) is 0 Å². The standard InChI is InChI=1S/C9H8OS/c10-6-5-8-1-3-9(7-11)4-2-8/h1-5,11H,7H2. The van der Waals surface area contributed by atoms with Crippen molar-refractivity contribution in [3.8, 4) is 0 Å². The van der Waals surface area contributed by atoms with Crippen LogP contribution in [0.3, 0.4) is 0 Å². The highest BCUT2D eigenvalue weighted by Gasteiger charge is 1.88. The lowest BCUT2D eigenvalue weighted by atomic mass is 10.1. The van der Waals surface area contributed by atoms with E-state index in [0.29, 0.717) is 0 Å². The molecule has 0 spiro atoms. The van der Waals surface area contributed by atoms with E-state index >= 15 is 0 Å². The van der Waals surface area contributed by atoms with Crippen molar-refractivity contribution >= 4 is 24.6 Å². The van der Waals surface area contributed by atoms with Crippen LogP contribution in [0.25, 0.3) is 6.08 Å². The molecule has 11 heavy (non-hydrogen) atoms. The normalized spacial score (nSPS) is 8.82. The number of hydrogen-bond acceptors (Lipinski definition) is 2. The predicted octanol–water partition coefficient (Wildman–Crippen LogP) is 1.96. The van der Waals surface area contributed by atoms with Crippen LogP contribution in [0.1, 0.15) is 11.1 Å². The van der Waals surface area contributed by atoms with Crippen molar-refractivity contribution in [1.29, 1.82) is 0 Å². The number of rotatable bonds is 2. The quantitative estimate of drug-likeness (QED) is 0.522. The number of benzene rings is 1. The Morgan fingerprint density at radius 1 is 1.36 bits per heavy atom. The molecule has 0 fully saturated rings. The molecule has 0 aliphatic heterocycles. The highest BCUT2D eigenvalue weighted by Crippen LogP contribution is 2.06. The lowest BCUT2D eigenvalue weighted by Crippen LogP contribution is -1.77. The third-order valence-electron chi connectivity index (χ3n) is 1.39. The Bertz CT molecular complexity index is 270. The second-order valence-corrected chi connectivity index (χ2v) is 2.48. The van der Waals surface area contributed by atoms with Crippen molar-refractivity contribution in [1.82, 2.24) is 0 Å². The topological polar surface area (TPSA) is 17.1 Å². The van der Waals surface area contributed by atoms with Crippen LogP contribution >= 0.6 is 12.6 Å². The third-order valence-corrected chi connectivity index (χ3v) is 1.75. The Labute approximate surface area is 71.2 Å². The molecule has 0 heterocycles. The van der Waals surface area contributed by atoms with E-state index in [1.807, 2.05) is 24.3 Å². The average Bonchev–Trinajstić information content (AvgIpc) is 2.07. The van der Waals surface area contributed by atoms with Crippen molar-refractivity contribution in [2.24, 2.45) is 0 Å². The molecule has 1 aromatic carbocycles. The Hall–Kier alpha value is -0.980. The van der Waals surface area contributed by atoms with E-state index in [4.69, 9.17) is 0 Å². The van der Waals surface area contributed by atoms with Crippen LogP contribution in [0.15, 0.2) is 24.3 Å². The minimum Gasteiger partial charge on any atom is -0.233 e. The Balaban J connectivity index is 2.91. The molecule has 0 atom stereocenters. The lowest BCUT2D eigenvalue weighted by molar-refractivity contribution is 0.570. The molecule has 1 aromatic rings. The van der Waals surface area contributed by atoms with Crippen LogP contribution < -0.4 is 0 Å². The van der Waals surface area contributed by atoms with Crippen molar-refractivity contribution in [2.75, 3.05) is 0 Å². The summed E-state index contributed by atoms with van der Waals surface area (Å²) >= 11 is 4.11. The first-order chi connectivity index (χ1) is 5.36. The lowest BCUT2D eigenvalue weighted by Gasteiger charge is -1.94. The van der Waals surface area contributed by atoms with Crippen molar-refractivity contribution in [3.05, 3.63) is 35.4 Å². The zero-order chi connectivity index (χ0) is 8.10. The van der Waals surface area contributed by atoms with Gasteiger partial charge in [0.1, 0.15) is 5.94 Å². The minimum atomic E-state index is 0.727. The summed E-state index contributed by atoms with van der Waals surface area (Å²) in [6, 6.07) is 7.62. The zero-order valence-corrected chi connectivity index (χ0v) is 6.84. The van der Waals surface area contributed by atoms with E-state index in [0.717, 1.165) is 16.9 Å². The van der Waals surface area contributed by atoms with E-state index in [1.165, 1.54) is 6.08 Å². The van der Waals surface area contributed by atoms with Crippen molar-refractivity contribution in [2.45, 2.75) is 5.75 Å². The molecule has 2 heteroatoms. The van der Waals surface area contributed by atoms with Gasteiger partial charge >= 0.3 is 0 Å². The molecule has 56 valence electrons. The SMILES string of the molecule is O=C=Cc1ccc(CS)cc1. The molecule has 0 unspecified atom stereocenters. The van der Waals surface area contributed by atoms with Crippen LogP contribution in [-0.4, -0.2) is 5.94 Å². The van der Waals surface area contributed by atoms with Crippen LogP contribution in [0.5, 0.6) is 0 Å². The van der Waals surface area contributed by atoms with E-state index < -0.39 is 0 Å². The third kappa shape index (κ3) is 2.26. The van der Waals surface area contributed by atoms with Crippen molar-refractivity contribution < 1.29 is 4.79 Å². The molecule has 0 N–H and O–H groups in total. The van der Waals surface area contributed by atoms with Crippen LogP contribution in [-0.2, 0) is 10.5 Å². The summed E-state index contributed by atoms with van der Waals surface area (Å²) in [5.74, 6) is 2.45. The second-order valence-electron chi connectivity index (χ2n) is 2.16. The molecule has 0 saturated heterocycles. The van der Waals surface area contributed by atoms with Crippen LogP contribution in [0.4, 0.5) is 0 Å². The monoisotopic (exact) mass is 164 g/mol. The van der Waals surface area contributed by atoms with E-state index in [-0.39, 0.29) is 0 Å². The van der Waals surface area contributed by atoms with Gasteiger partial charge in [-0.15, -0.1) is 0 Å². The van der Waals surface area contributed by atoms with Gasteiger partial charge in [-0.05, 0) is 11.1 Å². The summed E-state index contributed by atoms with van der Waals surface area (Å²) in [6.07, 6.45) is 1.41. The first-order valence-corrected chi connectivity index (χ1v) is 3.91. The largest absolute Gasteiger partial charge is 0.233 e. The van der Waals surface area contributed by atoms with Gasteiger partial charge in [0.25, 0.3) is 0 Å². The fourth-order valence-electron chi connectivity index (χ4n) is 0.787. The highest BCUT2D eigenvalue weighted by molar-refractivity contribution is 7.79. The molecule has 1 rings (SSSR count). The summed E-state index contributed by atoms with van der Waals surface area (Å²) in [5, 5.41) is 0. The molecule has 0 amide bonds. The molecule has 0 bridgehead atoms. The van der Waals surface area contributed by atoms with Gasteiger partial charge in [0.05, 0.1) is 0 Å². The van der Waals surface area contributed by atoms with Crippen LogP contribution in [0.2, 0.25) is 0 Å². The van der Waals surface area contributed by atoms with E-state index in [9.17, 15) is 4.79 Å². The molecule has 0 saturated carbocycles. The summed E-state index contributed by atoms with van der Waals surface area (Å²) in [4.78, 5) is 9.93. The number of hydrogen-bond donors (Lipinski definition) is 1. The highest BCUT2D eigenvalue weighted by atomic mass is 32.1. The maximum absolute atomic E-state index is 9.93. The molecular weight excluding hydrogens is 156 g/mol. The number of thiol groups is 1. The zero-order valence-electron chi connectivity index (χ0n) is 5.95. The average molecular weight is 164 g/mol. The van der Waals surface area contributed by atoms with E-state index in [2.05, 4.69) is 12.6 Å². The molecule has 0 aliphatic carbocycles. The first kappa shape index (κ1) is 8.12. The second kappa shape index (κ2) is 4.02. The summed E-state index contributed by atoms with van der Waals surface area (Å²) in [6.45, 7) is 0. The fraction of sp³-hybridized carbons (Fsp3) is 0.111. The molecular formula is C9H8OS. The Kier molecular flexibility index (Phi) is 2.96. The van der Waals surface area contributed by atoms with Gasteiger partial charge in [-0.25, -0.2) is 4.79 Å². The number of carbonyl (C=O) groups excluding carboxylic acids is 1. The van der Waals surface area contributed by atoms with Gasteiger partial charge in [0, 0.05) is 11.8 Å². The Morgan fingerprint density at radius 3 is 2.45 bits per heavy atom. The predicted molar refractivity (Wildman–Crippen MR) is 49.3 cm³/mol. The van der Waals surface area contributed by atoms with Crippen molar-refractivity contribution in [3.63, 3.8) is 0 Å². The van der Waals surface area contributed by atoms with E-state index in [1.54, 1.807) is 5.94 Å². The fourth-order valence-corrected chi connectivity index (χ4v) is 0.998. The molecule has 0 aromatic heterocycles. The summed E-state index contributed by atoms with van der Waals surface area (Å²) in [5.41, 5.74) is 2.03. The van der Waals surface area contributed by atoms with Gasteiger partial charge < -0.3 is 0 Å². The smallest absolute Gasteiger partial charge is 0.125 e. The van der Waals surface area contributed by atoms with Gasteiger partial charge in [-0.1, -0.05) is 24.3 Å². The summed E-state index contributed by atoms with van der Waals surface area (Å²) in [7, 11) is 0. The van der Waals surface area contributed by atoms with Gasteiger partial charge in [0.15, 0.2) is 0 Å². The van der Waals surface area contributed by atoms with Crippen LogP contribution in [0, 0.1) is 0 Å². The molecule has 1 nitrogen and oxygen atoms in total. The molecule has 0 radical (unpaired) electrons. The maximum Gasteiger partial charge on any atom is 0.125 e. The maximum atomic E-state index is 9.93. The van der Waals surface area contributed by atoms with Gasteiger partial charge in [-0.2, -0.15) is 12.6 Å². The summed E-state index contributed by atoms with van der Waals surface area (Å²) < 4.78 is 0. The minimum absolute atomic E-state index is 0.727. The van der Waals surface area contributed by atoms with Gasteiger partial charge in [0.2, 0.25) is 0 Å². The first-order valence-electron chi connectivity index (χ1n) is 3.27.